The molecule has 0 aromatic carbocycles. The number of hydrogen-bond acceptors (Lipinski definition) is 6. The van der Waals surface area contributed by atoms with Crippen LogP contribution in [0.25, 0.3) is 0 Å². The molecule has 1 fully saturated rings. The van der Waals surface area contributed by atoms with Gasteiger partial charge in [-0.05, 0) is 52.8 Å². The Balaban J connectivity index is 0.000000198. The molecule has 0 aliphatic carbocycles. The highest BCUT2D eigenvalue weighted by Crippen LogP contribution is 2.36. The van der Waals surface area contributed by atoms with E-state index < -0.39 is 31.5 Å². The minimum absolute atomic E-state index is 0.188. The Morgan fingerprint density at radius 2 is 1.54 bits per heavy atom. The zero-order chi connectivity index (χ0) is 18.1. The SMILES string of the molecule is CC1(C)OB(c2ccc(F)o2)OC1(C)C.Cc1ccc(B(O)O)o1. The van der Waals surface area contributed by atoms with Gasteiger partial charge in [0.15, 0.2) is 0 Å². The van der Waals surface area contributed by atoms with Crippen LogP contribution in [0.2, 0.25) is 0 Å². The van der Waals surface area contributed by atoms with E-state index in [-0.39, 0.29) is 5.66 Å². The molecule has 1 aliphatic rings. The normalized spacial score (nSPS) is 18.2. The van der Waals surface area contributed by atoms with E-state index in [1.165, 1.54) is 18.2 Å². The Morgan fingerprint density at radius 1 is 0.958 bits per heavy atom. The van der Waals surface area contributed by atoms with Gasteiger partial charge in [-0.2, -0.15) is 4.39 Å². The van der Waals surface area contributed by atoms with E-state index >= 15 is 0 Å². The van der Waals surface area contributed by atoms with Gasteiger partial charge in [0.25, 0.3) is 6.01 Å². The summed E-state index contributed by atoms with van der Waals surface area (Å²) in [6.45, 7) is 9.49. The summed E-state index contributed by atoms with van der Waals surface area (Å²) < 4.78 is 33.7. The molecule has 0 atom stereocenters. The summed E-state index contributed by atoms with van der Waals surface area (Å²) in [6.07, 6.45) is 0. The molecule has 0 spiro atoms. The van der Waals surface area contributed by atoms with Gasteiger partial charge in [-0.3, -0.25) is 0 Å². The molecular weight excluding hydrogens is 317 g/mol. The van der Waals surface area contributed by atoms with E-state index in [1.54, 1.807) is 13.0 Å². The minimum Gasteiger partial charge on any atom is -0.470 e. The van der Waals surface area contributed by atoms with Crippen LogP contribution in [0.1, 0.15) is 33.5 Å². The smallest absolute Gasteiger partial charge is 0.470 e. The first-order valence-corrected chi connectivity index (χ1v) is 7.55. The Hall–Kier alpha value is -1.54. The second-order valence-electron chi connectivity index (χ2n) is 6.55. The monoisotopic (exact) mass is 338 g/mol. The standard InChI is InChI=1S/C10H14BFO3.C5H7BO3/c1-9(2)10(3,4)15-11(14-9)7-5-6-8(12)13-7;1-4-2-3-5(9-4)6(7)8/h5-6H,1-4H3;2-3,7-8H,1H3. The molecule has 0 amide bonds. The molecule has 130 valence electrons. The van der Waals surface area contributed by atoms with Crippen molar-refractivity contribution in [1.82, 2.24) is 0 Å². The van der Waals surface area contributed by atoms with Crippen molar-refractivity contribution >= 4 is 25.6 Å². The van der Waals surface area contributed by atoms with Crippen LogP contribution in [0, 0.1) is 12.9 Å². The fourth-order valence-corrected chi connectivity index (χ4v) is 2.01. The summed E-state index contributed by atoms with van der Waals surface area (Å²) in [4.78, 5) is 0. The molecule has 6 nitrogen and oxygen atoms in total. The molecule has 0 bridgehead atoms. The highest BCUT2D eigenvalue weighted by Gasteiger charge is 2.53. The first-order chi connectivity index (χ1) is 11.0. The summed E-state index contributed by atoms with van der Waals surface area (Å²) >= 11 is 0. The van der Waals surface area contributed by atoms with E-state index in [9.17, 15) is 4.39 Å². The van der Waals surface area contributed by atoms with Crippen molar-refractivity contribution in [3.63, 3.8) is 0 Å². The fraction of sp³-hybridized carbons (Fsp3) is 0.467. The predicted molar refractivity (Wildman–Crippen MR) is 87.7 cm³/mol. The average molecular weight is 338 g/mol. The zero-order valence-electron chi connectivity index (χ0n) is 14.4. The van der Waals surface area contributed by atoms with Crippen LogP contribution >= 0.6 is 0 Å². The van der Waals surface area contributed by atoms with Crippen molar-refractivity contribution in [3.05, 3.63) is 36.0 Å². The van der Waals surface area contributed by atoms with Crippen molar-refractivity contribution in [2.75, 3.05) is 0 Å². The van der Waals surface area contributed by atoms with Gasteiger partial charge in [-0.15, -0.1) is 0 Å². The van der Waals surface area contributed by atoms with E-state index in [1.807, 2.05) is 27.7 Å². The lowest BCUT2D eigenvalue weighted by molar-refractivity contribution is 0.00578. The van der Waals surface area contributed by atoms with Gasteiger partial charge in [-0.25, -0.2) is 0 Å². The van der Waals surface area contributed by atoms with Crippen molar-refractivity contribution in [1.29, 1.82) is 0 Å². The zero-order valence-corrected chi connectivity index (χ0v) is 14.4. The maximum atomic E-state index is 12.7. The molecule has 3 rings (SSSR count). The molecule has 0 radical (unpaired) electrons. The van der Waals surface area contributed by atoms with Gasteiger partial charge >= 0.3 is 14.2 Å². The number of furan rings is 2. The lowest BCUT2D eigenvalue weighted by Gasteiger charge is -2.32. The van der Waals surface area contributed by atoms with E-state index in [2.05, 4.69) is 0 Å². The molecule has 2 aromatic rings. The number of halogens is 1. The largest absolute Gasteiger partial charge is 0.532 e. The third-order valence-corrected chi connectivity index (χ3v) is 4.10. The summed E-state index contributed by atoms with van der Waals surface area (Å²) in [5, 5.41) is 17.0. The Bertz CT molecular complexity index is 663. The van der Waals surface area contributed by atoms with Gasteiger partial charge in [0, 0.05) is 6.07 Å². The molecule has 2 N–H and O–H groups in total. The molecule has 1 aliphatic heterocycles. The first-order valence-electron chi connectivity index (χ1n) is 7.55. The van der Waals surface area contributed by atoms with Crippen LogP contribution in [0.15, 0.2) is 33.1 Å². The molecule has 9 heteroatoms. The van der Waals surface area contributed by atoms with Crippen LogP contribution in [-0.4, -0.2) is 35.5 Å². The molecular formula is C15H21B2FO6. The third-order valence-electron chi connectivity index (χ3n) is 4.10. The Labute approximate surface area is 140 Å². The number of hydrogen-bond donors (Lipinski definition) is 2. The van der Waals surface area contributed by atoms with Gasteiger partial charge in [-0.1, -0.05) is 0 Å². The molecule has 1 saturated heterocycles. The van der Waals surface area contributed by atoms with Crippen LogP contribution in [0.4, 0.5) is 4.39 Å². The highest BCUT2D eigenvalue weighted by atomic mass is 19.1. The lowest BCUT2D eigenvalue weighted by atomic mass is 9.86. The molecule has 3 heterocycles. The van der Waals surface area contributed by atoms with Crippen LogP contribution in [0.3, 0.4) is 0 Å². The predicted octanol–water partition coefficient (Wildman–Crippen LogP) is 0.986. The van der Waals surface area contributed by atoms with Gasteiger partial charge < -0.3 is 28.2 Å². The fourth-order valence-electron chi connectivity index (χ4n) is 2.01. The van der Waals surface area contributed by atoms with Crippen LogP contribution < -0.4 is 11.3 Å². The molecule has 0 saturated carbocycles. The molecule has 24 heavy (non-hydrogen) atoms. The lowest BCUT2D eigenvalue weighted by Crippen LogP contribution is -2.41. The summed E-state index contributed by atoms with van der Waals surface area (Å²) in [5.41, 5.74) is -0.305. The molecule has 2 aromatic heterocycles. The average Bonchev–Trinajstić information content (AvgIpc) is 3.11. The van der Waals surface area contributed by atoms with E-state index in [4.69, 9.17) is 28.2 Å². The summed E-state index contributed by atoms with van der Waals surface area (Å²) in [5.74, 6) is 0.679. The first kappa shape index (κ1) is 18.8. The maximum Gasteiger partial charge on any atom is 0.532 e. The van der Waals surface area contributed by atoms with E-state index in [0.717, 1.165) is 0 Å². The third kappa shape index (κ3) is 4.10. The topological polar surface area (TPSA) is 85.2 Å². The van der Waals surface area contributed by atoms with E-state index in [0.29, 0.717) is 11.4 Å². The number of rotatable bonds is 2. The van der Waals surface area contributed by atoms with Gasteiger partial charge in [0.05, 0.1) is 17.0 Å². The van der Waals surface area contributed by atoms with Gasteiger partial charge in [0.1, 0.15) is 11.3 Å². The summed E-state index contributed by atoms with van der Waals surface area (Å²) in [6, 6.07) is 5.35. The Kier molecular flexibility index (Phi) is 5.29. The second-order valence-corrected chi connectivity index (χ2v) is 6.55. The maximum absolute atomic E-state index is 12.7. The van der Waals surface area contributed by atoms with Crippen molar-refractivity contribution in [2.45, 2.75) is 45.8 Å². The quantitative estimate of drug-likeness (QED) is 0.795. The highest BCUT2D eigenvalue weighted by molar-refractivity contribution is 6.60. The van der Waals surface area contributed by atoms with Gasteiger partial charge in [0.2, 0.25) is 0 Å². The molecule has 0 unspecified atom stereocenters. The number of aryl methyl sites for hydroxylation is 1. The van der Waals surface area contributed by atoms with Crippen molar-refractivity contribution in [2.24, 2.45) is 0 Å². The second kappa shape index (κ2) is 6.76. The minimum atomic E-state index is -1.49. The Morgan fingerprint density at radius 3 is 1.88 bits per heavy atom. The van der Waals surface area contributed by atoms with Crippen molar-refractivity contribution < 1.29 is 32.6 Å². The van der Waals surface area contributed by atoms with Crippen LogP contribution in [-0.2, 0) is 9.31 Å². The van der Waals surface area contributed by atoms with Crippen LogP contribution in [0.5, 0.6) is 0 Å². The summed E-state index contributed by atoms with van der Waals surface area (Å²) in [7, 11) is -2.11. The van der Waals surface area contributed by atoms with Crippen molar-refractivity contribution in [3.8, 4) is 0 Å².